The zero-order chi connectivity index (χ0) is 10.4. The van der Waals surface area contributed by atoms with Gasteiger partial charge in [-0.05, 0) is 25.2 Å². The number of carbonyl (C=O) groups is 1. The van der Waals surface area contributed by atoms with Crippen molar-refractivity contribution in [1.29, 1.82) is 0 Å². The van der Waals surface area contributed by atoms with Crippen LogP contribution in [0.3, 0.4) is 0 Å². The minimum atomic E-state index is -0.168. The van der Waals surface area contributed by atoms with Crippen LogP contribution in [0.5, 0.6) is 0 Å². The van der Waals surface area contributed by atoms with Gasteiger partial charge in [-0.2, -0.15) is 0 Å². The van der Waals surface area contributed by atoms with Gasteiger partial charge in [0.1, 0.15) is 0 Å². The number of rotatable bonds is 4. The molecule has 1 amide bonds. The summed E-state index contributed by atoms with van der Waals surface area (Å²) in [6.07, 6.45) is 5.03. The minimum absolute atomic E-state index is 0.0488. The number of nitrogens with two attached hydrogens (primary N) is 1. The first-order valence-corrected chi connectivity index (χ1v) is 5.39. The van der Waals surface area contributed by atoms with Gasteiger partial charge in [0.15, 0.2) is 0 Å². The van der Waals surface area contributed by atoms with Gasteiger partial charge in [-0.3, -0.25) is 4.79 Å². The van der Waals surface area contributed by atoms with Crippen molar-refractivity contribution in [2.24, 2.45) is 11.7 Å². The molecule has 1 saturated carbocycles. The van der Waals surface area contributed by atoms with E-state index < -0.39 is 0 Å². The minimum Gasteiger partial charge on any atom is -0.393 e. The van der Waals surface area contributed by atoms with E-state index in [-0.39, 0.29) is 18.6 Å². The van der Waals surface area contributed by atoms with Crippen molar-refractivity contribution >= 4 is 5.91 Å². The Morgan fingerprint density at radius 1 is 1.43 bits per heavy atom. The highest BCUT2D eigenvalue weighted by Gasteiger charge is 2.22. The largest absolute Gasteiger partial charge is 0.393 e. The third kappa shape index (κ3) is 3.64. The van der Waals surface area contributed by atoms with E-state index >= 15 is 0 Å². The Kier molecular flexibility index (Phi) is 4.90. The van der Waals surface area contributed by atoms with Gasteiger partial charge >= 0.3 is 0 Å². The highest BCUT2D eigenvalue weighted by Crippen LogP contribution is 2.26. The molecule has 0 saturated heterocycles. The van der Waals surface area contributed by atoms with Crippen molar-refractivity contribution in [2.45, 2.75) is 38.2 Å². The number of hydrogen-bond donors (Lipinski definition) is 3. The summed E-state index contributed by atoms with van der Waals surface area (Å²) < 4.78 is 0. The Hall–Kier alpha value is -0.610. The maximum Gasteiger partial charge on any atom is 0.233 e. The van der Waals surface area contributed by atoms with Crippen molar-refractivity contribution < 1.29 is 9.90 Å². The van der Waals surface area contributed by atoms with Gasteiger partial charge in [-0.15, -0.1) is 0 Å². The zero-order valence-corrected chi connectivity index (χ0v) is 8.54. The van der Waals surface area contributed by atoms with Crippen molar-refractivity contribution in [3.05, 3.63) is 0 Å². The van der Waals surface area contributed by atoms with E-state index in [4.69, 9.17) is 5.73 Å². The van der Waals surface area contributed by atoms with E-state index in [1.54, 1.807) is 0 Å². The molecule has 1 aliphatic carbocycles. The van der Waals surface area contributed by atoms with Gasteiger partial charge < -0.3 is 16.2 Å². The predicted octanol–water partition coefficient (Wildman–Crippen LogP) is 0.00250. The topological polar surface area (TPSA) is 75.4 Å². The second kappa shape index (κ2) is 5.98. The van der Waals surface area contributed by atoms with Crippen LogP contribution in [0.25, 0.3) is 0 Å². The van der Waals surface area contributed by atoms with E-state index in [9.17, 15) is 9.90 Å². The van der Waals surface area contributed by atoms with Crippen LogP contribution in [-0.2, 0) is 4.79 Å². The average Bonchev–Trinajstić information content (AvgIpc) is 2.20. The van der Waals surface area contributed by atoms with Crippen LogP contribution in [0.2, 0.25) is 0 Å². The molecule has 0 aromatic rings. The van der Waals surface area contributed by atoms with Crippen molar-refractivity contribution in [3.63, 3.8) is 0 Å². The maximum atomic E-state index is 10.8. The molecule has 82 valence electrons. The highest BCUT2D eigenvalue weighted by atomic mass is 16.3. The molecule has 4 heteroatoms. The van der Waals surface area contributed by atoms with Crippen LogP contribution in [0, 0.1) is 5.92 Å². The summed E-state index contributed by atoms with van der Waals surface area (Å²) in [6, 6.07) is 0. The van der Waals surface area contributed by atoms with Crippen LogP contribution in [0.1, 0.15) is 32.1 Å². The summed E-state index contributed by atoms with van der Waals surface area (Å²) in [5.74, 6) is 0.247. The quantitative estimate of drug-likeness (QED) is 0.598. The van der Waals surface area contributed by atoms with Crippen LogP contribution in [-0.4, -0.2) is 30.2 Å². The average molecular weight is 200 g/mol. The first-order valence-electron chi connectivity index (χ1n) is 5.39. The summed E-state index contributed by atoms with van der Waals surface area (Å²) in [7, 11) is 0. The van der Waals surface area contributed by atoms with Gasteiger partial charge in [-0.25, -0.2) is 0 Å². The van der Waals surface area contributed by atoms with Gasteiger partial charge in [0.05, 0.1) is 12.6 Å². The third-order valence-corrected chi connectivity index (χ3v) is 2.89. The van der Waals surface area contributed by atoms with E-state index in [0.29, 0.717) is 12.5 Å². The molecule has 14 heavy (non-hydrogen) atoms. The highest BCUT2D eigenvalue weighted by molar-refractivity contribution is 5.77. The molecular weight excluding hydrogens is 180 g/mol. The Bertz CT molecular complexity index is 185. The lowest BCUT2D eigenvalue weighted by atomic mass is 9.84. The van der Waals surface area contributed by atoms with Gasteiger partial charge in [-0.1, -0.05) is 12.8 Å². The number of aliphatic hydroxyl groups is 1. The second-order valence-corrected chi connectivity index (χ2v) is 3.95. The van der Waals surface area contributed by atoms with E-state index in [0.717, 1.165) is 25.7 Å². The Balaban J connectivity index is 2.13. The van der Waals surface area contributed by atoms with Gasteiger partial charge in [0.2, 0.25) is 5.91 Å². The number of hydrogen-bond acceptors (Lipinski definition) is 3. The lowest BCUT2D eigenvalue weighted by Crippen LogP contribution is -2.34. The van der Waals surface area contributed by atoms with Crippen molar-refractivity contribution in [3.8, 4) is 0 Å². The van der Waals surface area contributed by atoms with Crippen molar-refractivity contribution in [2.75, 3.05) is 13.1 Å². The molecule has 4 N–H and O–H groups in total. The first-order chi connectivity index (χ1) is 6.74. The molecule has 0 aliphatic heterocycles. The summed E-state index contributed by atoms with van der Waals surface area (Å²) in [5.41, 5.74) is 5.16. The summed E-state index contributed by atoms with van der Waals surface area (Å²) in [6.45, 7) is 0.685. The summed E-state index contributed by atoms with van der Waals surface area (Å²) in [5, 5.41) is 12.4. The monoisotopic (exact) mass is 200 g/mol. The van der Waals surface area contributed by atoms with Crippen LogP contribution in [0.15, 0.2) is 0 Å². The Morgan fingerprint density at radius 2 is 2.14 bits per heavy atom. The van der Waals surface area contributed by atoms with Crippen LogP contribution < -0.4 is 11.1 Å². The standard InChI is InChI=1S/C10H20N2O2/c11-7-10(14)12-6-5-8-3-1-2-4-9(8)13/h8-9,13H,1-7,11H2,(H,12,14). The van der Waals surface area contributed by atoms with E-state index in [2.05, 4.69) is 5.32 Å². The molecule has 1 fully saturated rings. The molecule has 0 radical (unpaired) electrons. The third-order valence-electron chi connectivity index (χ3n) is 2.89. The zero-order valence-electron chi connectivity index (χ0n) is 8.54. The number of aliphatic hydroxyl groups excluding tert-OH is 1. The molecule has 0 heterocycles. The first kappa shape index (κ1) is 11.5. The molecule has 0 aromatic heterocycles. The number of amides is 1. The molecule has 1 rings (SSSR count). The SMILES string of the molecule is NCC(=O)NCCC1CCCCC1O. The molecule has 4 nitrogen and oxygen atoms in total. The van der Waals surface area contributed by atoms with Crippen molar-refractivity contribution in [1.82, 2.24) is 5.32 Å². The Morgan fingerprint density at radius 3 is 2.79 bits per heavy atom. The van der Waals surface area contributed by atoms with Crippen LogP contribution >= 0.6 is 0 Å². The fourth-order valence-corrected chi connectivity index (χ4v) is 1.99. The molecule has 2 atom stereocenters. The molecule has 2 unspecified atom stereocenters. The molecule has 0 bridgehead atoms. The van der Waals surface area contributed by atoms with E-state index in [1.807, 2.05) is 0 Å². The summed E-state index contributed by atoms with van der Waals surface area (Å²) in [4.78, 5) is 10.8. The molecule has 1 aliphatic rings. The molecule has 0 aromatic carbocycles. The molecule has 0 spiro atoms. The fourth-order valence-electron chi connectivity index (χ4n) is 1.99. The fraction of sp³-hybridized carbons (Fsp3) is 0.900. The Labute approximate surface area is 84.9 Å². The van der Waals surface area contributed by atoms with E-state index in [1.165, 1.54) is 6.42 Å². The van der Waals surface area contributed by atoms with Crippen LogP contribution in [0.4, 0.5) is 0 Å². The summed E-state index contributed by atoms with van der Waals surface area (Å²) >= 11 is 0. The van der Waals surface area contributed by atoms with Gasteiger partial charge in [0, 0.05) is 6.54 Å². The maximum absolute atomic E-state index is 10.8. The number of nitrogens with one attached hydrogen (secondary N) is 1. The smallest absolute Gasteiger partial charge is 0.233 e. The number of carbonyl (C=O) groups excluding carboxylic acids is 1. The normalized spacial score (nSPS) is 27.3. The lowest BCUT2D eigenvalue weighted by Gasteiger charge is -2.27. The predicted molar refractivity (Wildman–Crippen MR) is 54.6 cm³/mol. The lowest BCUT2D eigenvalue weighted by molar-refractivity contribution is -0.119. The van der Waals surface area contributed by atoms with Gasteiger partial charge in [0.25, 0.3) is 0 Å². The molecular formula is C10H20N2O2. The second-order valence-electron chi connectivity index (χ2n) is 3.95.